The topological polar surface area (TPSA) is 49.4 Å². The average molecular weight is 254 g/mol. The predicted molar refractivity (Wildman–Crippen MR) is 71.0 cm³/mol. The minimum Gasteiger partial charge on any atom is -0.383 e. The lowest BCUT2D eigenvalue weighted by Crippen LogP contribution is -2.40. The van der Waals surface area contributed by atoms with Gasteiger partial charge in [-0.15, -0.1) is 0 Å². The highest BCUT2D eigenvalue weighted by molar-refractivity contribution is 7.92. The Labute approximate surface area is 103 Å². The summed E-state index contributed by atoms with van der Waals surface area (Å²) in [6.45, 7) is 4.49. The van der Waals surface area contributed by atoms with Gasteiger partial charge in [0.2, 0.25) is 10.0 Å². The second-order valence-electron chi connectivity index (χ2n) is 4.50. The maximum absolute atomic E-state index is 12.3. The van der Waals surface area contributed by atoms with Gasteiger partial charge in [-0.3, -0.25) is 4.31 Å². The van der Waals surface area contributed by atoms with E-state index in [0.717, 1.165) is 11.4 Å². The molecule has 0 bridgehead atoms. The summed E-state index contributed by atoms with van der Waals surface area (Å²) >= 11 is 0. The highest BCUT2D eigenvalue weighted by atomic mass is 32.2. The summed E-state index contributed by atoms with van der Waals surface area (Å²) < 4.78 is 26.0. The molecule has 94 valence electrons. The fourth-order valence-corrected chi connectivity index (χ4v) is 3.95. The zero-order valence-corrected chi connectivity index (χ0v) is 11.0. The number of nitrogens with one attached hydrogen (secondary N) is 1. The van der Waals surface area contributed by atoms with Gasteiger partial charge in [0.15, 0.2) is 0 Å². The predicted octanol–water partition coefficient (Wildman–Crippen LogP) is 2.05. The summed E-state index contributed by atoms with van der Waals surface area (Å²) in [5, 5.41) is 3.28. The second-order valence-corrected chi connectivity index (χ2v) is 6.47. The molecular weight excluding hydrogens is 236 g/mol. The maximum atomic E-state index is 12.3. The van der Waals surface area contributed by atoms with Crippen molar-refractivity contribution < 1.29 is 8.42 Å². The summed E-state index contributed by atoms with van der Waals surface area (Å²) in [5.74, 6) is 0.201. The minimum atomic E-state index is -3.20. The molecule has 2 rings (SSSR count). The van der Waals surface area contributed by atoms with Crippen molar-refractivity contribution in [2.24, 2.45) is 0 Å². The zero-order valence-electron chi connectivity index (χ0n) is 10.2. The third kappa shape index (κ3) is 2.39. The monoisotopic (exact) mass is 254 g/mol. The van der Waals surface area contributed by atoms with Crippen molar-refractivity contribution in [3.8, 4) is 0 Å². The number of fused-ring (bicyclic) bond motifs is 1. The highest BCUT2D eigenvalue weighted by Crippen LogP contribution is 2.31. The van der Waals surface area contributed by atoms with Gasteiger partial charge in [0.25, 0.3) is 0 Å². The number of rotatable bonds is 1. The number of anilines is 2. The summed E-state index contributed by atoms with van der Waals surface area (Å²) in [6.07, 6.45) is 0.639. The number of para-hydroxylation sites is 2. The number of hydrogen-bond acceptors (Lipinski definition) is 3. The lowest BCUT2D eigenvalue weighted by atomic mass is 10.2. The lowest BCUT2D eigenvalue weighted by Gasteiger charge is -2.32. The molecule has 4 nitrogen and oxygen atoms in total. The molecule has 0 amide bonds. The number of nitrogens with zero attached hydrogens (tertiary/aromatic N) is 1. The first-order chi connectivity index (χ1) is 8.02. The number of hydrogen-bond donors (Lipinski definition) is 1. The van der Waals surface area contributed by atoms with E-state index in [4.69, 9.17) is 0 Å². The molecule has 5 heteroatoms. The fraction of sp³-hybridized carbons (Fsp3) is 0.500. The van der Waals surface area contributed by atoms with E-state index in [0.29, 0.717) is 13.0 Å². The summed E-state index contributed by atoms with van der Waals surface area (Å²) in [5.41, 5.74) is 1.65. The van der Waals surface area contributed by atoms with Crippen LogP contribution in [0.2, 0.25) is 0 Å². The van der Waals surface area contributed by atoms with E-state index in [1.165, 1.54) is 4.31 Å². The molecule has 0 spiro atoms. The van der Waals surface area contributed by atoms with Crippen molar-refractivity contribution in [2.75, 3.05) is 21.9 Å². The van der Waals surface area contributed by atoms with Crippen LogP contribution < -0.4 is 9.62 Å². The molecule has 0 fully saturated rings. The Morgan fingerprint density at radius 2 is 2.00 bits per heavy atom. The standard InChI is InChI=1S/C12H18N2O2S/c1-10(2)14-12-7-4-3-6-11(12)13-8-5-9-17(14,15)16/h3-4,6-7,10,13H,5,8-9H2,1-2H3. The third-order valence-electron chi connectivity index (χ3n) is 2.80. The van der Waals surface area contributed by atoms with Gasteiger partial charge in [0, 0.05) is 12.6 Å². The average Bonchev–Trinajstić information content (AvgIpc) is 2.23. The van der Waals surface area contributed by atoms with Gasteiger partial charge in [-0.1, -0.05) is 12.1 Å². The Morgan fingerprint density at radius 1 is 1.29 bits per heavy atom. The van der Waals surface area contributed by atoms with E-state index in [-0.39, 0.29) is 11.8 Å². The van der Waals surface area contributed by atoms with E-state index in [9.17, 15) is 8.42 Å². The zero-order chi connectivity index (χ0) is 12.5. The first-order valence-corrected chi connectivity index (χ1v) is 7.48. The summed E-state index contributed by atoms with van der Waals surface area (Å²) in [6, 6.07) is 7.49. The van der Waals surface area contributed by atoms with Crippen molar-refractivity contribution in [3.05, 3.63) is 24.3 Å². The normalized spacial score (nSPS) is 19.1. The molecule has 1 aliphatic heterocycles. The molecule has 0 unspecified atom stereocenters. The van der Waals surface area contributed by atoms with Crippen LogP contribution in [0.15, 0.2) is 24.3 Å². The SMILES string of the molecule is CC(C)N1c2ccccc2NCCCS1(=O)=O. The van der Waals surface area contributed by atoms with Crippen molar-refractivity contribution in [1.82, 2.24) is 0 Å². The van der Waals surface area contributed by atoms with E-state index >= 15 is 0 Å². The Morgan fingerprint density at radius 3 is 2.71 bits per heavy atom. The van der Waals surface area contributed by atoms with Crippen LogP contribution in [0.5, 0.6) is 0 Å². The van der Waals surface area contributed by atoms with Crippen LogP contribution >= 0.6 is 0 Å². The van der Waals surface area contributed by atoms with E-state index in [1.54, 1.807) is 0 Å². The Hall–Kier alpha value is -1.23. The van der Waals surface area contributed by atoms with Gasteiger partial charge in [0.05, 0.1) is 17.1 Å². The van der Waals surface area contributed by atoms with Gasteiger partial charge < -0.3 is 5.32 Å². The van der Waals surface area contributed by atoms with E-state index in [2.05, 4.69) is 5.32 Å². The molecule has 0 aromatic heterocycles. The van der Waals surface area contributed by atoms with Crippen LogP contribution in [-0.2, 0) is 10.0 Å². The van der Waals surface area contributed by atoms with Crippen LogP contribution in [0.4, 0.5) is 11.4 Å². The second kappa shape index (κ2) is 4.56. The number of sulfonamides is 1. The molecule has 1 aliphatic rings. The molecule has 1 N–H and O–H groups in total. The Bertz CT molecular complexity index is 497. The number of benzene rings is 1. The summed E-state index contributed by atoms with van der Waals surface area (Å²) in [7, 11) is -3.20. The van der Waals surface area contributed by atoms with Crippen LogP contribution in [-0.4, -0.2) is 26.8 Å². The molecular formula is C12H18N2O2S. The Balaban J connectivity index is 2.57. The molecule has 1 aromatic carbocycles. The van der Waals surface area contributed by atoms with Crippen LogP contribution in [0.25, 0.3) is 0 Å². The van der Waals surface area contributed by atoms with Crippen molar-refractivity contribution >= 4 is 21.4 Å². The molecule has 1 heterocycles. The van der Waals surface area contributed by atoms with Crippen molar-refractivity contribution in [1.29, 1.82) is 0 Å². The molecule has 17 heavy (non-hydrogen) atoms. The smallest absolute Gasteiger partial charge is 0.235 e. The highest BCUT2D eigenvalue weighted by Gasteiger charge is 2.28. The molecule has 0 atom stereocenters. The first-order valence-electron chi connectivity index (χ1n) is 5.87. The maximum Gasteiger partial charge on any atom is 0.235 e. The minimum absolute atomic E-state index is 0.0685. The molecule has 0 saturated heterocycles. The third-order valence-corrected chi connectivity index (χ3v) is 4.83. The summed E-state index contributed by atoms with van der Waals surface area (Å²) in [4.78, 5) is 0. The van der Waals surface area contributed by atoms with Crippen LogP contribution in [0, 0.1) is 0 Å². The molecule has 0 aliphatic carbocycles. The van der Waals surface area contributed by atoms with Gasteiger partial charge >= 0.3 is 0 Å². The van der Waals surface area contributed by atoms with Crippen LogP contribution in [0.3, 0.4) is 0 Å². The Kier molecular flexibility index (Phi) is 3.28. The first kappa shape index (κ1) is 12.2. The largest absolute Gasteiger partial charge is 0.383 e. The van der Waals surface area contributed by atoms with Gasteiger partial charge in [0.1, 0.15) is 0 Å². The molecule has 0 saturated carbocycles. The molecule has 0 radical (unpaired) electrons. The van der Waals surface area contributed by atoms with E-state index in [1.807, 2.05) is 38.1 Å². The molecule has 1 aromatic rings. The quantitative estimate of drug-likeness (QED) is 0.834. The van der Waals surface area contributed by atoms with Gasteiger partial charge in [-0.25, -0.2) is 8.42 Å². The van der Waals surface area contributed by atoms with E-state index < -0.39 is 10.0 Å². The van der Waals surface area contributed by atoms with Crippen molar-refractivity contribution in [3.63, 3.8) is 0 Å². The van der Waals surface area contributed by atoms with Gasteiger partial charge in [-0.05, 0) is 32.4 Å². The van der Waals surface area contributed by atoms with Crippen molar-refractivity contribution in [2.45, 2.75) is 26.3 Å². The van der Waals surface area contributed by atoms with Crippen LogP contribution in [0.1, 0.15) is 20.3 Å². The fourth-order valence-electron chi connectivity index (χ4n) is 2.14. The lowest BCUT2D eigenvalue weighted by molar-refractivity contribution is 0.581. The van der Waals surface area contributed by atoms with Gasteiger partial charge in [-0.2, -0.15) is 0 Å².